The quantitative estimate of drug-likeness (QED) is 0.280. The monoisotopic (exact) mass is 648 g/mol. The van der Waals surface area contributed by atoms with E-state index < -0.39 is 59.9 Å². The second kappa shape index (κ2) is 15.4. The van der Waals surface area contributed by atoms with Crippen LogP contribution in [-0.4, -0.2) is 72.0 Å². The number of halogens is 1. The van der Waals surface area contributed by atoms with E-state index in [4.69, 9.17) is 9.47 Å². The summed E-state index contributed by atoms with van der Waals surface area (Å²) in [6.07, 6.45) is 2.43. The smallest absolute Gasteiger partial charge is 0.338 e. The molecule has 0 unspecified atom stereocenters. The Balaban J connectivity index is 1.80. The summed E-state index contributed by atoms with van der Waals surface area (Å²) >= 11 is 0. The number of likely N-dealkylation sites (N-methyl/N-ethyl adjacent to an activating group) is 1. The molecule has 47 heavy (non-hydrogen) atoms. The second-order valence-electron chi connectivity index (χ2n) is 12.6. The van der Waals surface area contributed by atoms with Gasteiger partial charge in [0.1, 0.15) is 24.0 Å². The van der Waals surface area contributed by atoms with Crippen LogP contribution in [0.25, 0.3) is 10.9 Å². The van der Waals surface area contributed by atoms with Crippen LogP contribution in [0.5, 0.6) is 0 Å². The molecule has 2 aromatic carbocycles. The molecule has 1 aromatic heterocycles. The van der Waals surface area contributed by atoms with E-state index in [1.54, 1.807) is 27.0 Å². The van der Waals surface area contributed by atoms with Gasteiger partial charge in [-0.2, -0.15) is 0 Å². The zero-order valence-corrected chi connectivity index (χ0v) is 28.0. The van der Waals surface area contributed by atoms with Crippen LogP contribution in [0.15, 0.2) is 66.4 Å². The molecule has 7 atom stereocenters. The molecule has 1 aliphatic heterocycles. The maximum Gasteiger partial charge on any atom is 0.338 e. The molecule has 252 valence electrons. The molecule has 0 bridgehead atoms. The number of nitrogens with zero attached hydrogens (tertiary/aromatic N) is 1. The van der Waals surface area contributed by atoms with Gasteiger partial charge >= 0.3 is 5.97 Å². The number of H-pyrrole nitrogens is 1. The Morgan fingerprint density at radius 2 is 1.64 bits per heavy atom. The average molecular weight is 649 g/mol. The molecule has 0 spiro atoms. The van der Waals surface area contributed by atoms with Crippen molar-refractivity contribution in [3.63, 3.8) is 0 Å². The number of aromatic nitrogens is 1. The molecule has 10 nitrogen and oxygen atoms in total. The topological polar surface area (TPSA) is 130 Å². The first-order valence-electron chi connectivity index (χ1n) is 15.9. The van der Waals surface area contributed by atoms with Crippen molar-refractivity contribution < 1.29 is 33.0 Å². The van der Waals surface area contributed by atoms with Gasteiger partial charge in [0, 0.05) is 49.5 Å². The van der Waals surface area contributed by atoms with Crippen LogP contribution in [0, 0.1) is 17.7 Å². The summed E-state index contributed by atoms with van der Waals surface area (Å²) in [5, 5.41) is 6.63. The van der Waals surface area contributed by atoms with Gasteiger partial charge in [-0.15, -0.1) is 0 Å². The number of nitrogens with one attached hydrogen (secondary N) is 3. The molecular formula is C36H45FN4O6. The van der Waals surface area contributed by atoms with Crippen molar-refractivity contribution in [2.45, 2.75) is 77.8 Å². The summed E-state index contributed by atoms with van der Waals surface area (Å²) in [7, 11) is 2.85. The van der Waals surface area contributed by atoms with Gasteiger partial charge in [0.15, 0.2) is 6.10 Å². The van der Waals surface area contributed by atoms with E-state index >= 15 is 0 Å². The third-order valence-electron chi connectivity index (χ3n) is 8.92. The summed E-state index contributed by atoms with van der Waals surface area (Å²) in [5.41, 5.74) is 2.99. The first-order chi connectivity index (χ1) is 22.3. The fourth-order valence-corrected chi connectivity index (χ4v) is 6.00. The third-order valence-corrected chi connectivity index (χ3v) is 8.92. The number of esters is 1. The number of cyclic esters (lactones) is 1. The SMILES string of the molecule is CO[C@@H]1C(=O)O[C@H](C)[C@H](C)/C=C(\C)C[C@H](C)C(=O)N[C@@H](C)C(=O)N(C)[C@H](Cc2c[nH]c3ccccc23)C(=O)N[C@H]1c1ccc(F)cc1. The standard InChI is InChI=1S/C36H45FN4O6/c1-20-16-21(2)24(5)47-36(45)32(46-7)31(25-12-14-27(37)15-13-25)40-34(43)30(18-26-19-38-29-11-9-8-10-28(26)29)41(6)35(44)23(4)39-33(42)22(3)17-20/h8-16,19,21-24,30-32,38H,17-18H2,1-7H3,(H,39,42)(H,40,43)/b20-16+/t21-,22+,23+,24-,30-,31+,32+/m1/s1. The molecule has 0 radical (unpaired) electrons. The highest BCUT2D eigenvalue weighted by atomic mass is 19.1. The number of para-hydroxylation sites is 1. The molecule has 0 aliphatic carbocycles. The minimum atomic E-state index is -1.30. The average Bonchev–Trinajstić information content (AvgIpc) is 3.45. The largest absolute Gasteiger partial charge is 0.460 e. The molecule has 11 heteroatoms. The molecular weight excluding hydrogens is 603 g/mol. The van der Waals surface area contributed by atoms with Crippen LogP contribution in [-0.2, 0) is 35.1 Å². The van der Waals surface area contributed by atoms with E-state index in [0.717, 1.165) is 22.0 Å². The van der Waals surface area contributed by atoms with Crippen molar-refractivity contribution in [1.82, 2.24) is 20.5 Å². The molecule has 2 heterocycles. The first kappa shape index (κ1) is 35.3. The van der Waals surface area contributed by atoms with Crippen molar-refractivity contribution in [1.29, 1.82) is 0 Å². The van der Waals surface area contributed by atoms with E-state index in [1.807, 2.05) is 44.2 Å². The Bertz CT molecular complexity index is 1620. The minimum absolute atomic E-state index is 0.117. The maximum absolute atomic E-state index is 14.3. The Morgan fingerprint density at radius 3 is 2.32 bits per heavy atom. The van der Waals surface area contributed by atoms with Gasteiger partial charge < -0.3 is 30.0 Å². The van der Waals surface area contributed by atoms with E-state index in [9.17, 15) is 23.6 Å². The Hall–Kier alpha value is -4.51. The molecule has 4 rings (SSSR count). The number of hydrogen-bond acceptors (Lipinski definition) is 6. The molecule has 3 aromatic rings. The lowest BCUT2D eigenvalue weighted by Gasteiger charge is -2.33. The van der Waals surface area contributed by atoms with Gasteiger partial charge in [-0.1, -0.05) is 55.8 Å². The minimum Gasteiger partial charge on any atom is -0.460 e. The number of methoxy groups -OCH3 is 1. The Morgan fingerprint density at radius 1 is 0.957 bits per heavy atom. The third kappa shape index (κ3) is 8.45. The van der Waals surface area contributed by atoms with E-state index in [1.165, 1.54) is 43.3 Å². The van der Waals surface area contributed by atoms with Crippen LogP contribution in [0.4, 0.5) is 4.39 Å². The molecule has 3 amide bonds. The maximum atomic E-state index is 14.3. The van der Waals surface area contributed by atoms with Crippen LogP contribution >= 0.6 is 0 Å². The molecule has 0 saturated carbocycles. The van der Waals surface area contributed by atoms with Crippen molar-refractivity contribution in [2.75, 3.05) is 14.2 Å². The van der Waals surface area contributed by atoms with Gasteiger partial charge in [0.25, 0.3) is 0 Å². The highest BCUT2D eigenvalue weighted by Gasteiger charge is 2.38. The predicted octanol–water partition coefficient (Wildman–Crippen LogP) is 4.61. The Labute approximate surface area is 275 Å². The highest BCUT2D eigenvalue weighted by Crippen LogP contribution is 2.26. The van der Waals surface area contributed by atoms with Gasteiger partial charge in [-0.3, -0.25) is 14.4 Å². The lowest BCUT2D eigenvalue weighted by Crippen LogP contribution is -2.56. The van der Waals surface area contributed by atoms with Gasteiger partial charge in [-0.25, -0.2) is 9.18 Å². The van der Waals surface area contributed by atoms with Crippen molar-refractivity contribution in [2.24, 2.45) is 11.8 Å². The van der Waals surface area contributed by atoms with E-state index in [-0.39, 0.29) is 18.2 Å². The number of hydrogen-bond donors (Lipinski definition) is 3. The fourth-order valence-electron chi connectivity index (χ4n) is 6.00. The number of rotatable bonds is 4. The van der Waals surface area contributed by atoms with Crippen LogP contribution in [0.3, 0.4) is 0 Å². The highest BCUT2D eigenvalue weighted by molar-refractivity contribution is 5.93. The summed E-state index contributed by atoms with van der Waals surface area (Å²) in [4.78, 5) is 59.5. The van der Waals surface area contributed by atoms with E-state index in [0.29, 0.717) is 12.0 Å². The summed E-state index contributed by atoms with van der Waals surface area (Å²) in [5.74, 6) is -3.20. The number of carbonyl (C=O) groups excluding carboxylic acids is 4. The van der Waals surface area contributed by atoms with Crippen molar-refractivity contribution in [3.8, 4) is 0 Å². The number of allylic oxidation sites excluding steroid dienone is 1. The zero-order chi connectivity index (χ0) is 34.4. The molecule has 3 N–H and O–H groups in total. The summed E-state index contributed by atoms with van der Waals surface area (Å²) in [6.45, 7) is 8.94. The van der Waals surface area contributed by atoms with Gasteiger partial charge in [-0.05, 0) is 56.5 Å². The number of benzene rings is 2. The van der Waals surface area contributed by atoms with Crippen molar-refractivity contribution in [3.05, 3.63) is 83.3 Å². The Kier molecular flexibility index (Phi) is 11.6. The van der Waals surface area contributed by atoms with Crippen molar-refractivity contribution >= 4 is 34.6 Å². The van der Waals surface area contributed by atoms with E-state index in [2.05, 4.69) is 15.6 Å². The first-order valence-corrected chi connectivity index (χ1v) is 15.9. The zero-order valence-electron chi connectivity index (χ0n) is 28.0. The summed E-state index contributed by atoms with van der Waals surface area (Å²) in [6, 6.07) is 9.91. The lowest BCUT2D eigenvalue weighted by atomic mass is 9.95. The van der Waals surface area contributed by atoms with Crippen LogP contribution in [0.2, 0.25) is 0 Å². The van der Waals surface area contributed by atoms with Crippen LogP contribution < -0.4 is 10.6 Å². The van der Waals surface area contributed by atoms with Crippen LogP contribution in [0.1, 0.15) is 58.2 Å². The predicted molar refractivity (Wildman–Crippen MR) is 177 cm³/mol. The number of amides is 3. The molecule has 1 aliphatic rings. The lowest BCUT2D eigenvalue weighted by molar-refractivity contribution is -0.164. The second-order valence-corrected chi connectivity index (χ2v) is 12.6. The fraction of sp³-hybridized carbons (Fsp3) is 0.444. The summed E-state index contributed by atoms with van der Waals surface area (Å²) < 4.78 is 25.5. The normalized spacial score (nSPS) is 28.5. The molecule has 0 fully saturated rings. The number of ether oxygens (including phenoxy) is 2. The van der Waals surface area contributed by atoms with Gasteiger partial charge in [0.2, 0.25) is 17.7 Å². The molecule has 0 saturated heterocycles. The number of fused-ring (bicyclic) bond motifs is 1. The number of aromatic amines is 1. The van der Waals surface area contributed by atoms with Gasteiger partial charge in [0.05, 0.1) is 6.04 Å². The number of carbonyl (C=O) groups is 4.